The number of halogens is 2. The summed E-state index contributed by atoms with van der Waals surface area (Å²) in [6, 6.07) is 1.84. The van der Waals surface area contributed by atoms with Crippen molar-refractivity contribution in [1.82, 2.24) is 10.0 Å². The molecule has 9 heteroatoms. The zero-order chi connectivity index (χ0) is 15.5. The van der Waals surface area contributed by atoms with Crippen molar-refractivity contribution in [3.05, 3.63) is 22.4 Å². The molecule has 6 nitrogen and oxygen atoms in total. The number of anilines is 1. The Kier molecular flexibility index (Phi) is 5.49. The van der Waals surface area contributed by atoms with Crippen molar-refractivity contribution in [3.63, 3.8) is 0 Å². The van der Waals surface area contributed by atoms with Gasteiger partial charge in [-0.15, -0.1) is 0 Å². The van der Waals surface area contributed by atoms with E-state index in [2.05, 4.69) is 26.0 Å². The minimum absolute atomic E-state index is 0.0290. The lowest BCUT2D eigenvalue weighted by Gasteiger charge is -2.11. The summed E-state index contributed by atoms with van der Waals surface area (Å²) >= 11 is 2.88. The van der Waals surface area contributed by atoms with E-state index in [9.17, 15) is 17.6 Å². The quantitative estimate of drug-likeness (QED) is 0.675. The van der Waals surface area contributed by atoms with E-state index in [0.717, 1.165) is 12.1 Å². The summed E-state index contributed by atoms with van der Waals surface area (Å²) < 4.78 is 39.3. The number of hydrogen-bond acceptors (Lipinski definition) is 4. The molecule has 0 aliphatic heterocycles. The Morgan fingerprint density at radius 1 is 1.45 bits per heavy atom. The van der Waals surface area contributed by atoms with Crippen LogP contribution in [0.5, 0.6) is 0 Å². The van der Waals surface area contributed by atoms with Gasteiger partial charge in [-0.05, 0) is 41.9 Å². The number of nitrogen functional groups attached to an aromatic ring is 1. The van der Waals surface area contributed by atoms with Gasteiger partial charge in [-0.3, -0.25) is 4.79 Å². The van der Waals surface area contributed by atoms with Crippen LogP contribution in [0.25, 0.3) is 0 Å². The van der Waals surface area contributed by atoms with Gasteiger partial charge in [-0.2, -0.15) is 0 Å². The highest BCUT2D eigenvalue weighted by atomic mass is 79.9. The number of benzene rings is 1. The van der Waals surface area contributed by atoms with Gasteiger partial charge in [0.05, 0.1) is 16.7 Å². The zero-order valence-electron chi connectivity index (χ0n) is 10.9. The van der Waals surface area contributed by atoms with Crippen LogP contribution in [0.4, 0.5) is 10.1 Å². The molecule has 0 saturated carbocycles. The maximum absolute atomic E-state index is 13.2. The molecule has 112 valence electrons. The van der Waals surface area contributed by atoms with Crippen molar-refractivity contribution in [2.45, 2.75) is 24.8 Å². The summed E-state index contributed by atoms with van der Waals surface area (Å²) in [7, 11) is -3.99. The standard InChI is InChI=1S/C11H15BrFN3O3S/c1-6(2)16-11(17)5-15-20(18,19)10-3-7(12)8(13)4-9(10)14/h3-4,6,15H,5,14H2,1-2H3,(H,16,17). The third-order valence-corrected chi connectivity index (χ3v) is 4.28. The van der Waals surface area contributed by atoms with Gasteiger partial charge in [0.15, 0.2) is 0 Å². The summed E-state index contributed by atoms with van der Waals surface area (Å²) in [4.78, 5) is 11.1. The molecule has 0 spiro atoms. The van der Waals surface area contributed by atoms with Crippen molar-refractivity contribution in [3.8, 4) is 0 Å². The normalized spacial score (nSPS) is 11.7. The fourth-order valence-electron chi connectivity index (χ4n) is 1.39. The second kappa shape index (κ2) is 6.51. The summed E-state index contributed by atoms with van der Waals surface area (Å²) in [5, 5.41) is 2.54. The molecule has 0 unspecified atom stereocenters. The summed E-state index contributed by atoms with van der Waals surface area (Å²) in [5.74, 6) is -1.14. The first-order valence-electron chi connectivity index (χ1n) is 5.67. The third-order valence-electron chi connectivity index (χ3n) is 2.21. The molecule has 1 aromatic carbocycles. The van der Waals surface area contributed by atoms with Gasteiger partial charge in [0.1, 0.15) is 10.7 Å². The van der Waals surface area contributed by atoms with Gasteiger partial charge in [-0.25, -0.2) is 17.5 Å². The van der Waals surface area contributed by atoms with Gasteiger partial charge in [0.25, 0.3) is 0 Å². The predicted molar refractivity (Wildman–Crippen MR) is 77.0 cm³/mol. The van der Waals surface area contributed by atoms with Crippen molar-refractivity contribution in [2.24, 2.45) is 0 Å². The molecule has 1 aromatic rings. The summed E-state index contributed by atoms with van der Waals surface area (Å²) in [6.45, 7) is 3.08. The lowest BCUT2D eigenvalue weighted by atomic mass is 10.3. The van der Waals surface area contributed by atoms with Gasteiger partial charge >= 0.3 is 0 Å². The maximum Gasteiger partial charge on any atom is 0.243 e. The molecule has 0 heterocycles. The molecule has 1 rings (SSSR count). The number of carbonyl (C=O) groups excluding carboxylic acids is 1. The Morgan fingerprint density at radius 3 is 2.60 bits per heavy atom. The molecule has 0 aromatic heterocycles. The molecule has 4 N–H and O–H groups in total. The highest BCUT2D eigenvalue weighted by molar-refractivity contribution is 9.10. The number of amides is 1. The van der Waals surface area contributed by atoms with E-state index in [-0.39, 0.29) is 21.1 Å². The number of nitrogens with one attached hydrogen (secondary N) is 2. The molecule has 20 heavy (non-hydrogen) atoms. The summed E-state index contributed by atoms with van der Waals surface area (Å²) in [5.41, 5.74) is 5.25. The van der Waals surface area contributed by atoms with E-state index in [1.165, 1.54) is 0 Å². The van der Waals surface area contributed by atoms with E-state index >= 15 is 0 Å². The van der Waals surface area contributed by atoms with Crippen LogP contribution in [-0.2, 0) is 14.8 Å². The highest BCUT2D eigenvalue weighted by Gasteiger charge is 2.20. The first-order valence-corrected chi connectivity index (χ1v) is 7.94. The monoisotopic (exact) mass is 367 g/mol. The van der Waals surface area contributed by atoms with Crippen LogP contribution in [0.15, 0.2) is 21.5 Å². The average Bonchev–Trinajstić information content (AvgIpc) is 2.30. The second-order valence-corrected chi connectivity index (χ2v) is 6.94. The zero-order valence-corrected chi connectivity index (χ0v) is 13.3. The molecule has 0 aliphatic rings. The number of rotatable bonds is 5. The first-order chi connectivity index (χ1) is 9.13. The topological polar surface area (TPSA) is 101 Å². The van der Waals surface area contributed by atoms with Crippen molar-refractivity contribution in [1.29, 1.82) is 0 Å². The number of carbonyl (C=O) groups is 1. The van der Waals surface area contributed by atoms with Crippen LogP contribution < -0.4 is 15.8 Å². The maximum atomic E-state index is 13.2. The minimum Gasteiger partial charge on any atom is -0.398 e. The van der Waals surface area contributed by atoms with Crippen LogP contribution in [0.1, 0.15) is 13.8 Å². The third kappa shape index (κ3) is 4.43. The number of sulfonamides is 1. The lowest BCUT2D eigenvalue weighted by Crippen LogP contribution is -2.39. The van der Waals surface area contributed by atoms with Crippen molar-refractivity contribution >= 4 is 37.5 Å². The molecule has 0 radical (unpaired) electrons. The Hall–Kier alpha value is -1.19. The molecule has 0 saturated heterocycles. The molecular weight excluding hydrogens is 353 g/mol. The smallest absolute Gasteiger partial charge is 0.243 e. The summed E-state index contributed by atoms with van der Waals surface area (Å²) in [6.07, 6.45) is 0. The lowest BCUT2D eigenvalue weighted by molar-refractivity contribution is -0.120. The first kappa shape index (κ1) is 16.9. The Bertz CT molecular complexity index is 620. The SMILES string of the molecule is CC(C)NC(=O)CNS(=O)(=O)c1cc(Br)c(F)cc1N. The van der Waals surface area contributed by atoms with Crippen molar-refractivity contribution in [2.75, 3.05) is 12.3 Å². The number of hydrogen-bond donors (Lipinski definition) is 3. The fourth-order valence-corrected chi connectivity index (χ4v) is 3.00. The van der Waals surface area contributed by atoms with Crippen molar-refractivity contribution < 1.29 is 17.6 Å². The van der Waals surface area contributed by atoms with Crippen LogP contribution in [0, 0.1) is 5.82 Å². The minimum atomic E-state index is -3.99. The largest absolute Gasteiger partial charge is 0.398 e. The van der Waals surface area contributed by atoms with E-state index in [0.29, 0.717) is 0 Å². The fraction of sp³-hybridized carbons (Fsp3) is 0.364. The van der Waals surface area contributed by atoms with Gasteiger partial charge < -0.3 is 11.1 Å². The van der Waals surface area contributed by atoms with Gasteiger partial charge in [0.2, 0.25) is 15.9 Å². The van der Waals surface area contributed by atoms with Crippen LogP contribution >= 0.6 is 15.9 Å². The Morgan fingerprint density at radius 2 is 2.05 bits per heavy atom. The molecule has 0 atom stereocenters. The van der Waals surface area contributed by atoms with Crippen LogP contribution in [-0.4, -0.2) is 26.9 Å². The van der Waals surface area contributed by atoms with E-state index < -0.39 is 28.3 Å². The van der Waals surface area contributed by atoms with E-state index in [1.807, 2.05) is 0 Å². The molecular formula is C11H15BrFN3O3S. The highest BCUT2D eigenvalue weighted by Crippen LogP contribution is 2.25. The van der Waals surface area contributed by atoms with E-state index in [1.54, 1.807) is 13.8 Å². The van der Waals surface area contributed by atoms with Crippen LogP contribution in [0.3, 0.4) is 0 Å². The van der Waals surface area contributed by atoms with Gasteiger partial charge in [-0.1, -0.05) is 0 Å². The Labute approximate surface area is 125 Å². The second-order valence-electron chi connectivity index (χ2n) is 4.35. The predicted octanol–water partition coefficient (Wildman–Crippen LogP) is 0.973. The van der Waals surface area contributed by atoms with E-state index in [4.69, 9.17) is 5.73 Å². The Balaban J connectivity index is 2.90. The molecule has 0 aliphatic carbocycles. The molecule has 0 bridgehead atoms. The molecule has 1 amide bonds. The number of nitrogens with two attached hydrogens (primary N) is 1. The van der Waals surface area contributed by atoms with Crippen LogP contribution in [0.2, 0.25) is 0 Å². The molecule has 0 fully saturated rings. The average molecular weight is 368 g/mol. The van der Waals surface area contributed by atoms with Gasteiger partial charge in [0, 0.05) is 6.04 Å².